The number of halogens is 1. The predicted octanol–water partition coefficient (Wildman–Crippen LogP) is 4.49. The van der Waals surface area contributed by atoms with Gasteiger partial charge in [-0.05, 0) is 66.0 Å². The molecule has 1 saturated heterocycles. The average Bonchev–Trinajstić information content (AvgIpc) is 3.52. The lowest BCUT2D eigenvalue weighted by Gasteiger charge is -2.25. The van der Waals surface area contributed by atoms with Crippen LogP contribution in [0.1, 0.15) is 74.5 Å². The summed E-state index contributed by atoms with van der Waals surface area (Å²) in [7, 11) is -3.89. The predicted molar refractivity (Wildman–Crippen MR) is 155 cm³/mol. The van der Waals surface area contributed by atoms with Crippen LogP contribution in [0, 0.1) is 0 Å². The van der Waals surface area contributed by atoms with Crippen molar-refractivity contribution in [1.82, 2.24) is 19.5 Å². The van der Waals surface area contributed by atoms with Crippen LogP contribution < -0.4 is 5.32 Å². The molecule has 41 heavy (non-hydrogen) atoms. The highest BCUT2D eigenvalue weighted by atomic mass is 35.5. The normalized spacial score (nSPS) is 17.7. The van der Waals surface area contributed by atoms with Crippen molar-refractivity contribution in [2.45, 2.75) is 92.2 Å². The molecular formula is C25H45ClN5O9P. The first-order chi connectivity index (χ1) is 19.4. The lowest BCUT2D eigenvalue weighted by molar-refractivity contribution is -0.154. The zero-order valence-corrected chi connectivity index (χ0v) is 26.8. The Morgan fingerprint density at radius 1 is 1.17 bits per heavy atom. The molecule has 14 nitrogen and oxygen atoms in total. The molecule has 2 unspecified atom stereocenters. The molecular weight excluding hydrogens is 581 g/mol. The molecule has 0 aromatic carbocycles. The summed E-state index contributed by atoms with van der Waals surface area (Å²) in [5.41, 5.74) is 1.13. The number of aromatic nitrogens is 4. The number of rotatable bonds is 13. The minimum Gasteiger partial charge on any atom is -0.464 e. The quantitative estimate of drug-likeness (QED) is 0.123. The van der Waals surface area contributed by atoms with Crippen LogP contribution in [0.2, 0.25) is 5.28 Å². The average molecular weight is 626 g/mol. The number of carbonyl (C=O) groups excluding carboxylic acids is 1. The third kappa shape index (κ3) is 11.7. The summed E-state index contributed by atoms with van der Waals surface area (Å²) < 4.78 is 42.5. The van der Waals surface area contributed by atoms with Crippen molar-refractivity contribution in [3.63, 3.8) is 0 Å². The molecule has 0 amide bonds. The van der Waals surface area contributed by atoms with E-state index in [4.69, 9.17) is 45.1 Å². The lowest BCUT2D eigenvalue weighted by Crippen LogP contribution is -2.31. The van der Waals surface area contributed by atoms with E-state index in [9.17, 15) is 9.36 Å². The molecule has 3 atom stereocenters. The molecule has 236 valence electrons. The first-order valence-electron chi connectivity index (χ1n) is 13.8. The fourth-order valence-electron chi connectivity index (χ4n) is 3.64. The summed E-state index contributed by atoms with van der Waals surface area (Å²) in [6, 6.07) is 0. The molecule has 1 fully saturated rings. The maximum absolute atomic E-state index is 13.2. The number of nitrogens with zero attached hydrogens (tertiary/aromatic N) is 4. The third-order valence-corrected chi connectivity index (χ3v) is 7.31. The molecule has 3 heterocycles. The van der Waals surface area contributed by atoms with E-state index in [1.54, 1.807) is 31.7 Å². The highest BCUT2D eigenvalue weighted by Crippen LogP contribution is 2.54. The molecule has 0 bridgehead atoms. The van der Waals surface area contributed by atoms with E-state index in [-0.39, 0.29) is 44.0 Å². The lowest BCUT2D eigenvalue weighted by atomic mass is 10.2. The Labute approximate surface area is 246 Å². The second kappa shape index (κ2) is 17.9. The van der Waals surface area contributed by atoms with Crippen molar-refractivity contribution in [3.8, 4) is 0 Å². The van der Waals surface area contributed by atoms with Crippen LogP contribution >= 0.6 is 19.2 Å². The van der Waals surface area contributed by atoms with E-state index in [0.29, 0.717) is 36.4 Å². The number of carbonyl (C=O) groups is 1. The molecule has 2 aromatic heterocycles. The van der Waals surface area contributed by atoms with Crippen molar-refractivity contribution in [2.24, 2.45) is 0 Å². The van der Waals surface area contributed by atoms with Gasteiger partial charge in [0.15, 0.2) is 22.8 Å². The monoisotopic (exact) mass is 625 g/mol. The third-order valence-electron chi connectivity index (χ3n) is 4.97. The van der Waals surface area contributed by atoms with Crippen molar-refractivity contribution in [1.29, 1.82) is 0 Å². The number of hydrogen-bond donors (Lipinski definition) is 3. The summed E-state index contributed by atoms with van der Waals surface area (Å²) in [4.78, 5) is 25.4. The molecule has 0 spiro atoms. The molecule has 0 radical (unpaired) electrons. The van der Waals surface area contributed by atoms with E-state index < -0.39 is 25.2 Å². The second-order valence-electron chi connectivity index (χ2n) is 8.79. The fraction of sp³-hybridized carbons (Fsp3) is 0.760. The van der Waals surface area contributed by atoms with Crippen molar-refractivity contribution >= 4 is 42.1 Å². The van der Waals surface area contributed by atoms with Gasteiger partial charge in [0.1, 0.15) is 6.23 Å². The molecule has 16 heteroatoms. The van der Waals surface area contributed by atoms with Gasteiger partial charge in [0.25, 0.3) is 5.85 Å². The van der Waals surface area contributed by atoms with E-state index in [1.807, 2.05) is 20.8 Å². The van der Waals surface area contributed by atoms with Gasteiger partial charge in [0.05, 0.1) is 38.9 Å². The molecule has 3 rings (SSSR count). The number of nitrogens with one attached hydrogen (secondary N) is 1. The van der Waals surface area contributed by atoms with Crippen LogP contribution in [0.15, 0.2) is 6.33 Å². The van der Waals surface area contributed by atoms with E-state index in [0.717, 1.165) is 0 Å². The molecule has 1 aliphatic heterocycles. The van der Waals surface area contributed by atoms with Crippen LogP contribution in [0.25, 0.3) is 11.2 Å². The first-order valence-corrected chi connectivity index (χ1v) is 15.8. The zero-order chi connectivity index (χ0) is 31.2. The summed E-state index contributed by atoms with van der Waals surface area (Å²) in [6.07, 6.45) is 2.17. The molecule has 3 N–H and O–H groups in total. The molecule has 1 aliphatic rings. The SMILES string of the molecule is CC.CC(C)(O)O.CCNc1nc(Cl)nc2c1ncn2C1CC[C@@H](COC(C(=O)OCC)P(=O)(OCC)OCC)O1. The number of ether oxygens (including phenoxy) is 3. The smallest absolute Gasteiger partial charge is 0.370 e. The van der Waals surface area contributed by atoms with Gasteiger partial charge >= 0.3 is 13.6 Å². The topological polar surface area (TPSA) is 176 Å². The zero-order valence-electron chi connectivity index (χ0n) is 25.1. The Morgan fingerprint density at radius 2 is 1.78 bits per heavy atom. The van der Waals surface area contributed by atoms with Gasteiger partial charge < -0.3 is 38.8 Å². The van der Waals surface area contributed by atoms with Gasteiger partial charge in [-0.15, -0.1) is 0 Å². The maximum atomic E-state index is 13.2. The van der Waals surface area contributed by atoms with Crippen LogP contribution in [-0.2, 0) is 32.6 Å². The number of imidazole rings is 1. The number of aliphatic hydroxyl groups is 2. The maximum Gasteiger partial charge on any atom is 0.370 e. The van der Waals surface area contributed by atoms with Crippen molar-refractivity contribution < 1.29 is 42.8 Å². The highest BCUT2D eigenvalue weighted by molar-refractivity contribution is 7.55. The second-order valence-corrected chi connectivity index (χ2v) is 11.2. The van der Waals surface area contributed by atoms with E-state index in [1.165, 1.54) is 13.8 Å². The Bertz CT molecular complexity index is 1100. The number of fused-ring (bicyclic) bond motifs is 1. The van der Waals surface area contributed by atoms with E-state index in [2.05, 4.69) is 20.3 Å². The number of anilines is 1. The number of esters is 1. The molecule has 0 saturated carbocycles. The highest BCUT2D eigenvalue weighted by Gasteiger charge is 2.44. The summed E-state index contributed by atoms with van der Waals surface area (Å²) >= 11 is 6.10. The van der Waals surface area contributed by atoms with Crippen LogP contribution in [0.3, 0.4) is 0 Å². The van der Waals surface area contributed by atoms with Gasteiger partial charge in [0, 0.05) is 6.54 Å². The Hall–Kier alpha value is -1.90. The first kappa shape index (κ1) is 37.1. The standard InChI is InChI=1S/C20H31ClN5O7P.C3H8O2.C2H6/c1-5-22-16-15-17(25-20(21)24-16)26(12-23-15)14-10-9-13(33-14)11-30-19(18(27)29-6-2)34(28,31-7-3)32-8-4;1-3(2,4)5;1-2/h12-14,19H,5-11H2,1-4H3,(H,22,24,25);4-5H,1-2H3;1-2H3/t13-,14?,19?;;/m0../s1. The van der Waals surface area contributed by atoms with Gasteiger partial charge in [0.2, 0.25) is 5.28 Å². The Balaban J connectivity index is 0.00000108. The van der Waals surface area contributed by atoms with Crippen LogP contribution in [0.5, 0.6) is 0 Å². The van der Waals surface area contributed by atoms with E-state index >= 15 is 0 Å². The summed E-state index contributed by atoms with van der Waals surface area (Å²) in [6.45, 7) is 14.4. The minimum absolute atomic E-state index is 0.00483. The summed E-state index contributed by atoms with van der Waals surface area (Å²) in [5, 5.41) is 19.4. The fourth-order valence-corrected chi connectivity index (χ4v) is 5.47. The Morgan fingerprint density at radius 3 is 2.32 bits per heavy atom. The van der Waals surface area contributed by atoms with Crippen LogP contribution in [-0.4, -0.2) is 86.4 Å². The largest absolute Gasteiger partial charge is 0.464 e. The van der Waals surface area contributed by atoms with Gasteiger partial charge in [-0.1, -0.05) is 13.8 Å². The van der Waals surface area contributed by atoms with Crippen molar-refractivity contribution in [2.75, 3.05) is 38.3 Å². The van der Waals surface area contributed by atoms with Crippen molar-refractivity contribution in [3.05, 3.63) is 11.6 Å². The van der Waals surface area contributed by atoms with Gasteiger partial charge in [-0.25, -0.2) is 9.78 Å². The van der Waals surface area contributed by atoms with Gasteiger partial charge in [-0.2, -0.15) is 9.97 Å². The molecule has 2 aromatic rings. The Kier molecular flexibility index (Phi) is 16.2. The number of hydrogen-bond acceptors (Lipinski definition) is 13. The summed E-state index contributed by atoms with van der Waals surface area (Å²) in [5.74, 6) is -3.25. The van der Waals surface area contributed by atoms with Gasteiger partial charge in [-0.3, -0.25) is 9.13 Å². The molecule has 0 aliphatic carbocycles. The minimum atomic E-state index is -3.89. The van der Waals surface area contributed by atoms with Crippen LogP contribution in [0.4, 0.5) is 5.82 Å².